The molecular formula is C32H28ClN3O4S. The number of para-hydroxylation sites is 2. The largest absolute Gasteiger partial charge is 0.495 e. The molecule has 4 aromatic rings. The van der Waals surface area contributed by atoms with E-state index in [9.17, 15) is 14.4 Å². The van der Waals surface area contributed by atoms with Crippen LogP contribution >= 0.6 is 23.4 Å². The molecule has 0 aliphatic heterocycles. The zero-order chi connectivity index (χ0) is 29.2. The summed E-state index contributed by atoms with van der Waals surface area (Å²) < 4.78 is 5.31. The van der Waals surface area contributed by atoms with Gasteiger partial charge >= 0.3 is 0 Å². The van der Waals surface area contributed by atoms with Crippen LogP contribution in [0.5, 0.6) is 5.75 Å². The molecule has 0 radical (unpaired) electrons. The summed E-state index contributed by atoms with van der Waals surface area (Å²) in [5.74, 6) is -0.582. The molecule has 0 aromatic heterocycles. The maximum Gasteiger partial charge on any atom is 0.272 e. The van der Waals surface area contributed by atoms with Crippen molar-refractivity contribution in [3.63, 3.8) is 0 Å². The molecule has 208 valence electrons. The van der Waals surface area contributed by atoms with Crippen LogP contribution in [0.2, 0.25) is 5.02 Å². The molecule has 0 aliphatic rings. The number of amides is 3. The Balaban J connectivity index is 1.49. The van der Waals surface area contributed by atoms with Crippen LogP contribution in [-0.2, 0) is 9.59 Å². The molecule has 0 spiro atoms. The predicted molar refractivity (Wildman–Crippen MR) is 165 cm³/mol. The van der Waals surface area contributed by atoms with Gasteiger partial charge in [-0.3, -0.25) is 14.4 Å². The highest BCUT2D eigenvalue weighted by Crippen LogP contribution is 2.29. The van der Waals surface area contributed by atoms with Gasteiger partial charge in [0.25, 0.3) is 11.8 Å². The molecule has 0 bridgehead atoms. The van der Waals surface area contributed by atoms with Crippen molar-refractivity contribution >= 4 is 58.5 Å². The van der Waals surface area contributed by atoms with Gasteiger partial charge in [0.2, 0.25) is 5.91 Å². The highest BCUT2D eigenvalue weighted by Gasteiger charge is 2.18. The van der Waals surface area contributed by atoms with E-state index < -0.39 is 17.1 Å². The van der Waals surface area contributed by atoms with E-state index >= 15 is 0 Å². The average molecular weight is 586 g/mol. The maximum absolute atomic E-state index is 13.4. The predicted octanol–water partition coefficient (Wildman–Crippen LogP) is 6.88. The Hall–Kier alpha value is -4.53. The zero-order valence-corrected chi connectivity index (χ0v) is 24.0. The van der Waals surface area contributed by atoms with E-state index in [1.165, 1.54) is 17.8 Å². The molecule has 0 fully saturated rings. The first-order valence-corrected chi connectivity index (χ1v) is 13.9. The summed E-state index contributed by atoms with van der Waals surface area (Å²) in [5, 5.41) is 8.43. The van der Waals surface area contributed by atoms with Crippen molar-refractivity contribution in [3.05, 3.63) is 125 Å². The number of carbonyl (C=O) groups excluding carboxylic acids is 3. The average Bonchev–Trinajstić information content (AvgIpc) is 2.98. The van der Waals surface area contributed by atoms with Crippen LogP contribution in [0.3, 0.4) is 0 Å². The molecule has 0 saturated carbocycles. The lowest BCUT2D eigenvalue weighted by Gasteiger charge is -2.15. The minimum atomic E-state index is -0.529. The maximum atomic E-state index is 13.4. The van der Waals surface area contributed by atoms with Gasteiger partial charge < -0.3 is 20.7 Å². The van der Waals surface area contributed by atoms with Crippen molar-refractivity contribution in [2.75, 3.05) is 17.7 Å². The third-order valence-corrected chi connectivity index (χ3v) is 7.31. The summed E-state index contributed by atoms with van der Waals surface area (Å²) in [7, 11) is 1.55. The van der Waals surface area contributed by atoms with Crippen molar-refractivity contribution in [1.82, 2.24) is 5.32 Å². The lowest BCUT2D eigenvalue weighted by Crippen LogP contribution is -2.30. The van der Waals surface area contributed by atoms with Gasteiger partial charge in [-0.05, 0) is 67.1 Å². The molecule has 4 aromatic carbocycles. The molecule has 0 heterocycles. The van der Waals surface area contributed by atoms with Crippen LogP contribution in [0.1, 0.15) is 22.8 Å². The molecule has 1 atom stereocenters. The molecule has 4 rings (SSSR count). The summed E-state index contributed by atoms with van der Waals surface area (Å²) in [6.45, 7) is 1.80. The second kappa shape index (κ2) is 14.2. The standard InChI is InChI=1S/C32H28ClN3O4S/c1-21(30(37)35-27-17-8-9-18-29(27)40-2)41-25-15-10-14-24(20-25)34-32(39)28(19-23-13-6-7-16-26(23)33)36-31(38)22-11-4-3-5-12-22/h3-21H,1-2H3,(H,34,39)(H,35,37)(H,36,38)/b28-19+. The van der Waals surface area contributed by atoms with Crippen LogP contribution in [0.4, 0.5) is 11.4 Å². The summed E-state index contributed by atoms with van der Waals surface area (Å²) in [6.07, 6.45) is 1.53. The Labute approximate surface area is 248 Å². The minimum absolute atomic E-state index is 0.0227. The molecule has 1 unspecified atom stereocenters. The number of anilines is 2. The molecule has 9 heteroatoms. The Bertz CT molecular complexity index is 1580. The van der Waals surface area contributed by atoms with Gasteiger partial charge in [0.15, 0.2) is 0 Å². The van der Waals surface area contributed by atoms with E-state index in [-0.39, 0.29) is 11.6 Å². The fourth-order valence-electron chi connectivity index (χ4n) is 3.78. The first-order chi connectivity index (χ1) is 19.8. The van der Waals surface area contributed by atoms with Crippen LogP contribution in [0.15, 0.2) is 114 Å². The smallest absolute Gasteiger partial charge is 0.272 e. The number of halogens is 1. The quantitative estimate of drug-likeness (QED) is 0.139. The molecule has 7 nitrogen and oxygen atoms in total. The van der Waals surface area contributed by atoms with Gasteiger partial charge in [0.1, 0.15) is 11.4 Å². The molecule has 3 N–H and O–H groups in total. The van der Waals surface area contributed by atoms with Gasteiger partial charge in [0.05, 0.1) is 18.0 Å². The number of benzene rings is 4. The van der Waals surface area contributed by atoms with Crippen molar-refractivity contribution < 1.29 is 19.1 Å². The van der Waals surface area contributed by atoms with Gasteiger partial charge in [-0.15, -0.1) is 11.8 Å². The van der Waals surface area contributed by atoms with E-state index in [1.54, 1.807) is 99.0 Å². The topological polar surface area (TPSA) is 96.5 Å². The third kappa shape index (κ3) is 8.23. The van der Waals surface area contributed by atoms with E-state index in [1.807, 2.05) is 18.2 Å². The normalized spacial score (nSPS) is 11.7. The first-order valence-electron chi connectivity index (χ1n) is 12.7. The molecule has 3 amide bonds. The number of nitrogens with one attached hydrogen (secondary N) is 3. The summed E-state index contributed by atoms with van der Waals surface area (Å²) >= 11 is 7.66. The second-order valence-corrected chi connectivity index (χ2v) is 10.7. The van der Waals surface area contributed by atoms with Crippen molar-refractivity contribution in [2.45, 2.75) is 17.1 Å². The SMILES string of the molecule is COc1ccccc1NC(=O)C(C)Sc1cccc(NC(=O)/C(=C\c2ccccc2Cl)NC(=O)c2ccccc2)c1. The van der Waals surface area contributed by atoms with Crippen LogP contribution < -0.4 is 20.7 Å². The second-order valence-electron chi connectivity index (χ2n) is 8.83. The fraction of sp³-hybridized carbons (Fsp3) is 0.0938. The lowest BCUT2D eigenvalue weighted by atomic mass is 10.1. The number of rotatable bonds is 10. The number of thioether (sulfide) groups is 1. The third-order valence-electron chi connectivity index (χ3n) is 5.87. The summed E-state index contributed by atoms with van der Waals surface area (Å²) in [4.78, 5) is 39.9. The highest BCUT2D eigenvalue weighted by molar-refractivity contribution is 8.00. The van der Waals surface area contributed by atoms with Gasteiger partial charge in [-0.1, -0.05) is 66.2 Å². The number of carbonyl (C=O) groups is 3. The number of ether oxygens (including phenoxy) is 1. The lowest BCUT2D eigenvalue weighted by molar-refractivity contribution is -0.115. The fourth-order valence-corrected chi connectivity index (χ4v) is 4.89. The van der Waals surface area contributed by atoms with E-state index in [0.29, 0.717) is 33.3 Å². The van der Waals surface area contributed by atoms with Crippen LogP contribution in [0, 0.1) is 0 Å². The molecule has 0 aliphatic carbocycles. The van der Waals surface area contributed by atoms with E-state index in [2.05, 4.69) is 16.0 Å². The van der Waals surface area contributed by atoms with Crippen LogP contribution in [-0.4, -0.2) is 30.1 Å². The van der Waals surface area contributed by atoms with Crippen molar-refractivity contribution in [1.29, 1.82) is 0 Å². The Kier molecular flexibility index (Phi) is 10.2. The highest BCUT2D eigenvalue weighted by atomic mass is 35.5. The van der Waals surface area contributed by atoms with Gasteiger partial charge in [-0.2, -0.15) is 0 Å². The first kappa shape index (κ1) is 29.5. The van der Waals surface area contributed by atoms with Crippen molar-refractivity contribution in [2.24, 2.45) is 0 Å². The number of hydrogen-bond donors (Lipinski definition) is 3. The van der Waals surface area contributed by atoms with Gasteiger partial charge in [0, 0.05) is 21.2 Å². The number of hydrogen-bond acceptors (Lipinski definition) is 5. The van der Waals surface area contributed by atoms with Crippen molar-refractivity contribution in [3.8, 4) is 5.75 Å². The summed E-state index contributed by atoms with van der Waals surface area (Å²) in [5.41, 5.74) is 2.09. The van der Waals surface area contributed by atoms with E-state index in [0.717, 1.165) is 4.90 Å². The minimum Gasteiger partial charge on any atom is -0.495 e. The zero-order valence-electron chi connectivity index (χ0n) is 22.4. The monoisotopic (exact) mass is 585 g/mol. The van der Waals surface area contributed by atoms with Gasteiger partial charge in [-0.25, -0.2) is 0 Å². The van der Waals surface area contributed by atoms with E-state index in [4.69, 9.17) is 16.3 Å². The van der Waals surface area contributed by atoms with Crippen LogP contribution in [0.25, 0.3) is 6.08 Å². The molecule has 41 heavy (non-hydrogen) atoms. The molecule has 0 saturated heterocycles. The Morgan fingerprint density at radius 2 is 1.56 bits per heavy atom. The number of methoxy groups -OCH3 is 1. The Morgan fingerprint density at radius 1 is 0.854 bits per heavy atom. The molecular weight excluding hydrogens is 558 g/mol. The summed E-state index contributed by atoms with van der Waals surface area (Å²) in [6, 6.07) is 30.0. The Morgan fingerprint density at radius 3 is 2.32 bits per heavy atom.